The summed E-state index contributed by atoms with van der Waals surface area (Å²) in [5.74, 6) is 1.31. The third-order valence-corrected chi connectivity index (χ3v) is 6.17. The lowest BCUT2D eigenvalue weighted by Crippen LogP contribution is -2.52. The lowest BCUT2D eigenvalue weighted by molar-refractivity contribution is -0.136. The van der Waals surface area contributed by atoms with E-state index in [1.807, 2.05) is 21.9 Å². The van der Waals surface area contributed by atoms with E-state index in [1.165, 1.54) is 18.7 Å². The van der Waals surface area contributed by atoms with Crippen LogP contribution in [0.15, 0.2) is 49.3 Å². The van der Waals surface area contributed by atoms with Gasteiger partial charge in [-0.15, -0.1) is 0 Å². The van der Waals surface area contributed by atoms with Crippen molar-refractivity contribution in [1.29, 1.82) is 0 Å². The average molecular weight is 436 g/mol. The Morgan fingerprint density at radius 1 is 0.969 bits per heavy atom. The molecule has 2 aliphatic heterocycles. The summed E-state index contributed by atoms with van der Waals surface area (Å²) in [4.78, 5) is 32.0. The number of rotatable bonds is 4. The quantitative estimate of drug-likeness (QED) is 0.616. The molecular weight excluding hydrogens is 411 g/mol. The molecule has 0 N–H and O–H groups in total. The Labute approximate surface area is 185 Å². The molecule has 2 saturated heterocycles. The highest BCUT2D eigenvalue weighted by atomic mass is 19.1. The van der Waals surface area contributed by atoms with Gasteiger partial charge >= 0.3 is 0 Å². The van der Waals surface area contributed by atoms with E-state index in [4.69, 9.17) is 0 Å². The summed E-state index contributed by atoms with van der Waals surface area (Å²) in [6.45, 7) is 3.95. The normalized spacial score (nSPS) is 19.3. The molecule has 0 aliphatic carbocycles. The van der Waals surface area contributed by atoms with Crippen molar-refractivity contribution in [3.63, 3.8) is 0 Å². The van der Waals surface area contributed by atoms with E-state index in [0.29, 0.717) is 44.2 Å². The molecule has 1 aromatic carbocycles. The number of carbonyl (C=O) groups excluding carboxylic acids is 1. The van der Waals surface area contributed by atoms with Crippen LogP contribution in [0.3, 0.4) is 0 Å². The maximum absolute atomic E-state index is 14.1. The molecule has 0 bridgehead atoms. The van der Waals surface area contributed by atoms with Gasteiger partial charge in [0, 0.05) is 45.3 Å². The SMILES string of the molecule is O=C(C1CCCN(c2cc(-n3cncn3)ncn2)C1)N1CCN(c2ccccc2F)CC1. The Morgan fingerprint density at radius 3 is 2.56 bits per heavy atom. The van der Waals surface area contributed by atoms with Gasteiger partial charge in [0.2, 0.25) is 5.91 Å². The molecule has 2 aliphatic rings. The first kappa shape index (κ1) is 20.3. The van der Waals surface area contributed by atoms with Gasteiger partial charge in [0.1, 0.15) is 30.6 Å². The first-order valence-corrected chi connectivity index (χ1v) is 10.9. The number of benzene rings is 1. The highest BCUT2D eigenvalue weighted by Crippen LogP contribution is 2.25. The molecule has 32 heavy (non-hydrogen) atoms. The standard InChI is InChI=1S/C22H25FN8O/c23-18-5-1-2-6-19(18)28-8-10-29(11-9-28)22(32)17-4-3-7-30(13-17)20-12-21(26-15-25-20)31-16-24-14-27-31/h1-2,5-6,12,14-17H,3-4,7-11,13H2. The second kappa shape index (κ2) is 8.89. The molecule has 1 unspecified atom stereocenters. The molecule has 2 aromatic heterocycles. The van der Waals surface area contributed by atoms with Crippen LogP contribution in [0.4, 0.5) is 15.9 Å². The first-order valence-electron chi connectivity index (χ1n) is 10.9. The summed E-state index contributed by atoms with van der Waals surface area (Å²) in [7, 11) is 0. The van der Waals surface area contributed by atoms with Crippen LogP contribution in [-0.4, -0.2) is 74.8 Å². The Bertz CT molecular complexity index is 1070. The number of piperidine rings is 1. The summed E-state index contributed by atoms with van der Waals surface area (Å²) < 4.78 is 15.7. The third-order valence-electron chi connectivity index (χ3n) is 6.17. The lowest BCUT2D eigenvalue weighted by Gasteiger charge is -2.40. The molecule has 1 atom stereocenters. The maximum Gasteiger partial charge on any atom is 0.227 e. The van der Waals surface area contributed by atoms with Gasteiger partial charge in [-0.1, -0.05) is 12.1 Å². The molecule has 4 heterocycles. The molecular formula is C22H25FN8O. The highest BCUT2D eigenvalue weighted by Gasteiger charge is 2.32. The molecule has 9 nitrogen and oxygen atoms in total. The number of halogens is 1. The zero-order valence-electron chi connectivity index (χ0n) is 17.7. The summed E-state index contributed by atoms with van der Waals surface area (Å²) in [5.41, 5.74) is 0.607. The van der Waals surface area contributed by atoms with Gasteiger partial charge < -0.3 is 14.7 Å². The van der Waals surface area contributed by atoms with Crippen LogP contribution in [0.5, 0.6) is 0 Å². The van der Waals surface area contributed by atoms with E-state index in [0.717, 1.165) is 25.2 Å². The minimum absolute atomic E-state index is 0.0754. The van der Waals surface area contributed by atoms with Crippen molar-refractivity contribution in [2.75, 3.05) is 49.1 Å². The average Bonchev–Trinajstić information content (AvgIpc) is 3.40. The number of nitrogens with zero attached hydrogens (tertiary/aromatic N) is 8. The Hall–Kier alpha value is -3.56. The van der Waals surface area contributed by atoms with Crippen LogP contribution in [-0.2, 0) is 4.79 Å². The Kier molecular flexibility index (Phi) is 5.66. The molecule has 1 amide bonds. The molecule has 10 heteroatoms. The molecule has 5 rings (SSSR count). The van der Waals surface area contributed by atoms with Crippen molar-refractivity contribution < 1.29 is 9.18 Å². The van der Waals surface area contributed by atoms with Crippen LogP contribution >= 0.6 is 0 Å². The van der Waals surface area contributed by atoms with Crippen LogP contribution in [0.2, 0.25) is 0 Å². The second-order valence-corrected chi connectivity index (χ2v) is 8.12. The van der Waals surface area contributed by atoms with Gasteiger partial charge in [0.25, 0.3) is 0 Å². The minimum Gasteiger partial charge on any atom is -0.366 e. The fraction of sp³-hybridized carbons (Fsp3) is 0.409. The van der Waals surface area contributed by atoms with E-state index < -0.39 is 0 Å². The number of para-hydroxylation sites is 1. The number of carbonyl (C=O) groups is 1. The number of anilines is 2. The van der Waals surface area contributed by atoms with Crippen molar-refractivity contribution in [3.05, 3.63) is 55.1 Å². The zero-order valence-corrected chi connectivity index (χ0v) is 17.7. The van der Waals surface area contributed by atoms with Crippen LogP contribution in [0.25, 0.3) is 5.82 Å². The van der Waals surface area contributed by atoms with Gasteiger partial charge in [0.05, 0.1) is 11.6 Å². The predicted octanol–water partition coefficient (Wildman–Crippen LogP) is 1.76. The second-order valence-electron chi connectivity index (χ2n) is 8.12. The fourth-order valence-electron chi connectivity index (χ4n) is 4.48. The molecule has 2 fully saturated rings. The molecule has 3 aromatic rings. The van der Waals surface area contributed by atoms with E-state index in [2.05, 4.69) is 25.0 Å². The van der Waals surface area contributed by atoms with Crippen LogP contribution < -0.4 is 9.80 Å². The van der Waals surface area contributed by atoms with E-state index >= 15 is 0 Å². The van der Waals surface area contributed by atoms with Crippen LogP contribution in [0.1, 0.15) is 12.8 Å². The van der Waals surface area contributed by atoms with E-state index in [-0.39, 0.29) is 17.6 Å². The third kappa shape index (κ3) is 4.12. The molecule has 0 saturated carbocycles. The zero-order chi connectivity index (χ0) is 21.9. The Morgan fingerprint density at radius 2 is 1.78 bits per heavy atom. The van der Waals surface area contributed by atoms with Gasteiger partial charge in [-0.2, -0.15) is 5.10 Å². The number of amides is 1. The number of hydrogen-bond acceptors (Lipinski definition) is 7. The summed E-state index contributed by atoms with van der Waals surface area (Å²) in [5, 5.41) is 4.12. The van der Waals surface area contributed by atoms with Gasteiger partial charge in [-0.3, -0.25) is 4.79 Å². The van der Waals surface area contributed by atoms with E-state index in [9.17, 15) is 9.18 Å². The van der Waals surface area contributed by atoms with Crippen LogP contribution in [0, 0.1) is 11.7 Å². The first-order chi connectivity index (χ1) is 15.7. The number of aromatic nitrogens is 5. The van der Waals surface area contributed by atoms with E-state index in [1.54, 1.807) is 23.1 Å². The molecule has 166 valence electrons. The molecule has 0 spiro atoms. The highest BCUT2D eigenvalue weighted by molar-refractivity contribution is 5.80. The van der Waals surface area contributed by atoms with Crippen molar-refractivity contribution in [2.45, 2.75) is 12.8 Å². The minimum atomic E-state index is -0.217. The monoisotopic (exact) mass is 436 g/mol. The predicted molar refractivity (Wildman–Crippen MR) is 117 cm³/mol. The lowest BCUT2D eigenvalue weighted by atomic mass is 9.96. The van der Waals surface area contributed by atoms with Crippen molar-refractivity contribution >= 4 is 17.4 Å². The van der Waals surface area contributed by atoms with Crippen molar-refractivity contribution in [2.24, 2.45) is 5.92 Å². The number of hydrogen-bond donors (Lipinski definition) is 0. The van der Waals surface area contributed by atoms with Gasteiger partial charge in [0.15, 0.2) is 5.82 Å². The smallest absolute Gasteiger partial charge is 0.227 e. The number of piperazine rings is 1. The molecule has 0 radical (unpaired) electrons. The fourth-order valence-corrected chi connectivity index (χ4v) is 4.48. The Balaban J connectivity index is 1.22. The summed E-state index contributed by atoms with van der Waals surface area (Å²) >= 11 is 0. The summed E-state index contributed by atoms with van der Waals surface area (Å²) in [6.07, 6.45) is 6.36. The topological polar surface area (TPSA) is 83.3 Å². The maximum atomic E-state index is 14.1. The van der Waals surface area contributed by atoms with Crippen molar-refractivity contribution in [3.8, 4) is 5.82 Å². The summed E-state index contributed by atoms with van der Waals surface area (Å²) in [6, 6.07) is 8.68. The van der Waals surface area contributed by atoms with Gasteiger partial charge in [-0.05, 0) is 25.0 Å². The van der Waals surface area contributed by atoms with Crippen molar-refractivity contribution in [1.82, 2.24) is 29.6 Å². The largest absolute Gasteiger partial charge is 0.366 e. The van der Waals surface area contributed by atoms with Gasteiger partial charge in [-0.25, -0.2) is 24.0 Å².